The number of carbonyl (C=O) groups is 1. The van der Waals surface area contributed by atoms with Gasteiger partial charge in [-0.15, -0.1) is 0 Å². The van der Waals surface area contributed by atoms with Gasteiger partial charge >= 0.3 is 5.97 Å². The molecular formula is C25H31BrClNO5. The van der Waals surface area contributed by atoms with Gasteiger partial charge in [-0.2, -0.15) is 0 Å². The average Bonchev–Trinajstić information content (AvgIpc) is 3.08. The number of carbonyl (C=O) groups excluding carboxylic acids is 1. The lowest BCUT2D eigenvalue weighted by molar-refractivity contribution is 0.0523. The third-order valence-electron chi connectivity index (χ3n) is 6.24. The molecule has 8 heteroatoms. The van der Waals surface area contributed by atoms with Crippen molar-refractivity contribution in [2.24, 2.45) is 5.41 Å². The number of halogens is 2. The summed E-state index contributed by atoms with van der Waals surface area (Å²) in [5, 5.41) is 0.546. The summed E-state index contributed by atoms with van der Waals surface area (Å²) in [5.74, 6) is 0.177. The maximum Gasteiger partial charge on any atom is 0.343 e. The molecule has 0 N–H and O–H groups in total. The van der Waals surface area contributed by atoms with E-state index in [9.17, 15) is 9.59 Å². The quantitative estimate of drug-likeness (QED) is 0.288. The highest BCUT2D eigenvalue weighted by atomic mass is 79.9. The van der Waals surface area contributed by atoms with Crippen LogP contribution in [0.2, 0.25) is 5.02 Å². The van der Waals surface area contributed by atoms with Gasteiger partial charge in [0.1, 0.15) is 11.3 Å². The third kappa shape index (κ3) is 5.81. The van der Waals surface area contributed by atoms with Crippen LogP contribution in [0.3, 0.4) is 0 Å². The van der Waals surface area contributed by atoms with E-state index in [0.717, 1.165) is 29.3 Å². The van der Waals surface area contributed by atoms with Crippen molar-refractivity contribution in [3.8, 4) is 5.75 Å². The van der Waals surface area contributed by atoms with Crippen LogP contribution < -0.4 is 10.2 Å². The Labute approximate surface area is 208 Å². The first-order valence-corrected chi connectivity index (χ1v) is 12.4. The Morgan fingerprint density at radius 1 is 1.30 bits per heavy atom. The van der Waals surface area contributed by atoms with Crippen LogP contribution in [0.1, 0.15) is 67.9 Å². The molecule has 0 amide bonds. The molecule has 180 valence electrons. The number of esters is 1. The molecule has 1 aliphatic carbocycles. The minimum Gasteiger partial charge on any atom is -0.492 e. The molecule has 0 aliphatic heterocycles. The molecule has 1 aromatic carbocycles. The maximum atomic E-state index is 12.3. The van der Waals surface area contributed by atoms with E-state index in [-0.39, 0.29) is 35.0 Å². The van der Waals surface area contributed by atoms with Crippen molar-refractivity contribution in [1.82, 2.24) is 4.57 Å². The smallest absolute Gasteiger partial charge is 0.343 e. The molecular weight excluding hydrogens is 510 g/mol. The molecule has 1 heterocycles. The van der Waals surface area contributed by atoms with Crippen molar-refractivity contribution in [3.63, 3.8) is 0 Å². The van der Waals surface area contributed by atoms with Gasteiger partial charge in [-0.1, -0.05) is 41.4 Å². The summed E-state index contributed by atoms with van der Waals surface area (Å²) in [6.07, 6.45) is 6.11. The fraction of sp³-hybridized carbons (Fsp3) is 0.520. The number of methoxy groups -OCH3 is 1. The van der Waals surface area contributed by atoms with Gasteiger partial charge in [0.05, 0.1) is 18.2 Å². The Morgan fingerprint density at radius 3 is 2.76 bits per heavy atom. The van der Waals surface area contributed by atoms with E-state index < -0.39 is 5.97 Å². The van der Waals surface area contributed by atoms with Gasteiger partial charge in [0, 0.05) is 55.0 Å². The van der Waals surface area contributed by atoms with Gasteiger partial charge < -0.3 is 18.8 Å². The molecule has 2 aromatic rings. The van der Waals surface area contributed by atoms with E-state index in [2.05, 4.69) is 29.8 Å². The number of nitrogens with zero attached hydrogens (tertiary/aromatic N) is 1. The Bertz CT molecular complexity index is 1050. The first-order chi connectivity index (χ1) is 15.7. The topological polar surface area (TPSA) is 66.8 Å². The fourth-order valence-corrected chi connectivity index (χ4v) is 5.66. The summed E-state index contributed by atoms with van der Waals surface area (Å²) >= 11 is 10.2. The molecule has 3 rings (SSSR count). The van der Waals surface area contributed by atoms with Crippen molar-refractivity contribution in [2.45, 2.75) is 52.0 Å². The summed E-state index contributed by atoms with van der Waals surface area (Å²) in [6, 6.07) is 5.34. The molecule has 1 saturated carbocycles. The number of aromatic nitrogens is 1. The maximum absolute atomic E-state index is 12.3. The first kappa shape index (κ1) is 25.8. The molecule has 2 unspecified atom stereocenters. The summed E-state index contributed by atoms with van der Waals surface area (Å²) < 4.78 is 19.0. The number of hydrogen-bond donors (Lipinski definition) is 0. The highest BCUT2D eigenvalue weighted by Crippen LogP contribution is 2.55. The Hall–Kier alpha value is -1.83. The van der Waals surface area contributed by atoms with Gasteiger partial charge in [-0.05, 0) is 42.9 Å². The summed E-state index contributed by atoms with van der Waals surface area (Å²) in [6.45, 7) is 7.50. The summed E-state index contributed by atoms with van der Waals surface area (Å²) in [5.41, 5.74) is 0.743. The van der Waals surface area contributed by atoms with Crippen LogP contribution >= 0.6 is 27.5 Å². The molecule has 33 heavy (non-hydrogen) atoms. The van der Waals surface area contributed by atoms with Crippen LogP contribution in [0.25, 0.3) is 0 Å². The first-order valence-electron chi connectivity index (χ1n) is 11.2. The zero-order valence-corrected chi connectivity index (χ0v) is 21.9. The molecule has 0 spiro atoms. The Balaban J connectivity index is 1.99. The van der Waals surface area contributed by atoms with Crippen LogP contribution in [0.15, 0.2) is 39.9 Å². The third-order valence-corrected chi connectivity index (χ3v) is 7.22. The van der Waals surface area contributed by atoms with Crippen molar-refractivity contribution in [2.75, 3.05) is 26.9 Å². The van der Waals surface area contributed by atoms with Crippen LogP contribution in [0.5, 0.6) is 5.75 Å². The molecule has 0 radical (unpaired) electrons. The summed E-state index contributed by atoms with van der Waals surface area (Å²) in [4.78, 5) is 24.7. The largest absolute Gasteiger partial charge is 0.492 e. The molecule has 6 nitrogen and oxygen atoms in total. The van der Waals surface area contributed by atoms with Crippen LogP contribution in [0.4, 0.5) is 0 Å². The Kier molecular flexibility index (Phi) is 8.65. The number of benzene rings is 1. The van der Waals surface area contributed by atoms with Crippen molar-refractivity contribution >= 4 is 33.5 Å². The second-order valence-electron chi connectivity index (χ2n) is 8.97. The standard InChI is InChI=1S/C25H31BrClNO5/c1-5-32-24(30)18-15-28(10-8-21(18)29)23-16(7-9-25(23,2)3)17-13-22(20(27)14-19(17)26)33-12-6-11-31-4/h8,10,13-16,23H,5-7,9,11-12H2,1-4H3. The molecule has 1 aliphatic rings. The van der Waals surface area contributed by atoms with E-state index >= 15 is 0 Å². The second kappa shape index (κ2) is 11.1. The zero-order chi connectivity index (χ0) is 24.2. The van der Waals surface area contributed by atoms with E-state index in [1.165, 1.54) is 6.07 Å². The van der Waals surface area contributed by atoms with Gasteiger partial charge in [0.15, 0.2) is 5.43 Å². The lowest BCUT2D eigenvalue weighted by Gasteiger charge is -2.34. The number of pyridine rings is 1. The lowest BCUT2D eigenvalue weighted by Crippen LogP contribution is -2.28. The Morgan fingerprint density at radius 2 is 2.06 bits per heavy atom. The van der Waals surface area contributed by atoms with Crippen molar-refractivity contribution < 1.29 is 19.0 Å². The average molecular weight is 541 g/mol. The number of ether oxygens (including phenoxy) is 3. The lowest BCUT2D eigenvalue weighted by atomic mass is 9.82. The van der Waals surface area contributed by atoms with Crippen molar-refractivity contribution in [1.29, 1.82) is 0 Å². The van der Waals surface area contributed by atoms with E-state index in [0.29, 0.717) is 24.0 Å². The molecule has 1 fully saturated rings. The van der Waals surface area contributed by atoms with Gasteiger partial charge in [-0.25, -0.2) is 4.79 Å². The highest BCUT2D eigenvalue weighted by molar-refractivity contribution is 9.10. The molecule has 0 bridgehead atoms. The predicted octanol–water partition coefficient (Wildman–Crippen LogP) is 6.00. The molecule has 1 aromatic heterocycles. The van der Waals surface area contributed by atoms with E-state index in [1.54, 1.807) is 26.4 Å². The minimum absolute atomic E-state index is 0.0186. The highest BCUT2D eigenvalue weighted by Gasteiger charge is 2.44. The van der Waals surface area contributed by atoms with Gasteiger partial charge in [-0.3, -0.25) is 4.79 Å². The van der Waals surface area contributed by atoms with Crippen molar-refractivity contribution in [3.05, 3.63) is 61.4 Å². The van der Waals surface area contributed by atoms with Gasteiger partial charge in [0.25, 0.3) is 0 Å². The second-order valence-corrected chi connectivity index (χ2v) is 10.2. The molecule has 0 saturated heterocycles. The van der Waals surface area contributed by atoms with E-state index in [1.807, 2.05) is 16.7 Å². The zero-order valence-electron chi connectivity index (χ0n) is 19.5. The fourth-order valence-electron chi connectivity index (χ4n) is 4.67. The van der Waals surface area contributed by atoms with E-state index in [4.69, 9.17) is 25.8 Å². The van der Waals surface area contributed by atoms with Crippen LogP contribution in [0, 0.1) is 5.41 Å². The van der Waals surface area contributed by atoms with Crippen LogP contribution in [-0.4, -0.2) is 37.5 Å². The monoisotopic (exact) mass is 539 g/mol. The minimum atomic E-state index is -0.594. The normalized spacial score (nSPS) is 19.5. The van der Waals surface area contributed by atoms with Crippen LogP contribution in [-0.2, 0) is 9.47 Å². The number of hydrogen-bond acceptors (Lipinski definition) is 5. The van der Waals surface area contributed by atoms with Gasteiger partial charge in [0.2, 0.25) is 0 Å². The summed E-state index contributed by atoms with van der Waals surface area (Å²) in [7, 11) is 1.66. The number of rotatable bonds is 9. The SMILES string of the molecule is CCOC(=O)c1cn(C2C(c3cc(OCCCOC)c(Cl)cc3Br)CCC2(C)C)ccc1=O. The predicted molar refractivity (Wildman–Crippen MR) is 133 cm³/mol. The molecule has 2 atom stereocenters.